The van der Waals surface area contributed by atoms with Gasteiger partial charge in [0.1, 0.15) is 0 Å². The molecule has 0 bridgehead atoms. The van der Waals surface area contributed by atoms with Crippen molar-refractivity contribution < 1.29 is 52.7 Å². The van der Waals surface area contributed by atoms with E-state index in [0.717, 1.165) is 12.1 Å². The lowest BCUT2D eigenvalue weighted by Gasteiger charge is -2.59. The second kappa shape index (κ2) is 6.78. The van der Waals surface area contributed by atoms with Crippen molar-refractivity contribution in [3.63, 3.8) is 0 Å². The number of halogens is 12. The van der Waals surface area contributed by atoms with E-state index in [1.807, 2.05) is 0 Å². The first-order chi connectivity index (χ1) is 14.4. The quantitative estimate of drug-likeness (QED) is 0.489. The van der Waals surface area contributed by atoms with Crippen molar-refractivity contribution in [3.05, 3.63) is 71.8 Å². The molecule has 1 aliphatic rings. The van der Waals surface area contributed by atoms with Crippen molar-refractivity contribution in [2.75, 3.05) is 0 Å². The molecule has 1 nitrogen and oxygen atoms in total. The highest BCUT2D eigenvalue weighted by Crippen LogP contribution is 2.69. The van der Waals surface area contributed by atoms with E-state index in [2.05, 4.69) is 0 Å². The summed E-state index contributed by atoms with van der Waals surface area (Å²) in [7, 11) is 0. The van der Waals surface area contributed by atoms with Gasteiger partial charge in [0, 0.05) is 0 Å². The van der Waals surface area contributed by atoms with Crippen molar-refractivity contribution in [3.8, 4) is 0 Å². The summed E-state index contributed by atoms with van der Waals surface area (Å²) in [4.78, 5) is 0. The molecule has 0 aliphatic carbocycles. The first kappa shape index (κ1) is 24.2. The minimum absolute atomic E-state index is 0.195. The highest BCUT2D eigenvalue weighted by Gasteiger charge is 2.96. The molecule has 0 amide bonds. The average molecular weight is 481 g/mol. The lowest BCUT2D eigenvalue weighted by molar-refractivity contribution is -0.448. The van der Waals surface area contributed by atoms with E-state index in [0.29, 0.717) is 29.6 Å². The average Bonchev–Trinajstić information content (AvgIpc) is 2.66. The first-order valence-corrected chi connectivity index (χ1v) is 8.59. The Bertz CT molecular complexity index is 890. The molecule has 176 valence electrons. The van der Waals surface area contributed by atoms with Crippen LogP contribution in [0.1, 0.15) is 11.1 Å². The third-order valence-corrected chi connectivity index (χ3v) is 5.37. The van der Waals surface area contributed by atoms with E-state index in [1.165, 1.54) is 0 Å². The Kier molecular flexibility index (Phi) is 5.13. The van der Waals surface area contributed by atoms with Crippen LogP contribution in [0, 0.1) is 0 Å². The van der Waals surface area contributed by atoms with Gasteiger partial charge in [0.05, 0.1) is 0 Å². The summed E-state index contributed by atoms with van der Waals surface area (Å²) < 4.78 is 173. The van der Waals surface area contributed by atoms with Crippen LogP contribution >= 0.6 is 0 Å². The van der Waals surface area contributed by atoms with Gasteiger partial charge < -0.3 is 0 Å². The van der Waals surface area contributed by atoms with Crippen molar-refractivity contribution >= 4 is 0 Å². The lowest BCUT2D eigenvalue weighted by atomic mass is 9.65. The summed E-state index contributed by atoms with van der Waals surface area (Å²) in [6, 6.07) is 5.34. The molecule has 2 atom stereocenters. The standard InChI is InChI=1S/C19H11F12N/c20-15(21)13(18(26,27)28,11-7-3-1-4-8-11)32-14(19(29,30)31,12-9-5-2-6-10-12)16(22,23)17(15,24)25/h1-10,32H/t13-,14+. The number of piperidine rings is 1. The summed E-state index contributed by atoms with van der Waals surface area (Å²) in [6.07, 6.45) is -13.2. The van der Waals surface area contributed by atoms with Crippen LogP contribution in [0.3, 0.4) is 0 Å². The van der Waals surface area contributed by atoms with Crippen molar-refractivity contribution in [2.24, 2.45) is 0 Å². The highest BCUT2D eigenvalue weighted by atomic mass is 19.4. The number of hydrogen-bond donors (Lipinski definition) is 1. The Morgan fingerprint density at radius 3 is 1.00 bits per heavy atom. The molecule has 1 N–H and O–H groups in total. The van der Waals surface area contributed by atoms with E-state index in [-0.39, 0.29) is 24.3 Å². The Balaban J connectivity index is 2.57. The fraction of sp³-hybridized carbons (Fsp3) is 0.368. The van der Waals surface area contributed by atoms with Gasteiger partial charge in [-0.3, -0.25) is 5.32 Å². The summed E-state index contributed by atoms with van der Waals surface area (Å²) in [5, 5.41) is 0.299. The topological polar surface area (TPSA) is 12.0 Å². The molecule has 1 heterocycles. The second-order valence-corrected chi connectivity index (χ2v) is 7.08. The van der Waals surface area contributed by atoms with Crippen LogP contribution in [0.4, 0.5) is 52.7 Å². The number of benzene rings is 2. The molecule has 1 saturated heterocycles. The van der Waals surface area contributed by atoms with Gasteiger partial charge >= 0.3 is 30.1 Å². The van der Waals surface area contributed by atoms with Crippen molar-refractivity contribution in [1.82, 2.24) is 5.32 Å². The van der Waals surface area contributed by atoms with Crippen LogP contribution in [0.5, 0.6) is 0 Å². The van der Waals surface area contributed by atoms with Gasteiger partial charge in [0.25, 0.3) is 0 Å². The molecule has 0 spiro atoms. The summed E-state index contributed by atoms with van der Waals surface area (Å²) in [5.74, 6) is -20.6. The Labute approximate surface area is 172 Å². The van der Waals surface area contributed by atoms with Gasteiger partial charge in [-0.1, -0.05) is 60.7 Å². The maximum absolute atomic E-state index is 14.8. The lowest BCUT2D eigenvalue weighted by Crippen LogP contribution is -2.88. The molecule has 1 fully saturated rings. The Morgan fingerprint density at radius 2 is 0.750 bits per heavy atom. The monoisotopic (exact) mass is 481 g/mol. The van der Waals surface area contributed by atoms with E-state index in [1.54, 1.807) is 0 Å². The molecule has 3 rings (SSSR count). The molecule has 0 unspecified atom stereocenters. The molecular weight excluding hydrogens is 470 g/mol. The van der Waals surface area contributed by atoms with Gasteiger partial charge in [-0.05, 0) is 11.1 Å². The maximum atomic E-state index is 14.8. The molecule has 2 aromatic carbocycles. The normalized spacial score (nSPS) is 29.5. The maximum Gasteiger partial charge on any atom is 0.417 e. The molecule has 2 aromatic rings. The third-order valence-electron chi connectivity index (χ3n) is 5.37. The van der Waals surface area contributed by atoms with Gasteiger partial charge in [-0.2, -0.15) is 52.7 Å². The number of hydrogen-bond acceptors (Lipinski definition) is 1. The van der Waals surface area contributed by atoms with Crippen LogP contribution in [-0.4, -0.2) is 30.1 Å². The van der Waals surface area contributed by atoms with Crippen molar-refractivity contribution in [2.45, 2.75) is 41.2 Å². The SMILES string of the molecule is FC1(F)C(F)(F)[C@@](c2ccccc2)(C(F)(F)F)N[C@@](c2ccccc2)(C(F)(F)F)C1(F)F. The molecule has 0 aromatic heterocycles. The summed E-state index contributed by atoms with van der Waals surface area (Å²) >= 11 is 0. The zero-order valence-electron chi connectivity index (χ0n) is 15.3. The predicted molar refractivity (Wildman–Crippen MR) is 86.3 cm³/mol. The first-order valence-electron chi connectivity index (χ1n) is 8.59. The zero-order valence-corrected chi connectivity index (χ0v) is 15.3. The smallest absolute Gasteiger partial charge is 0.272 e. The fourth-order valence-electron chi connectivity index (χ4n) is 3.81. The zero-order chi connectivity index (χ0) is 24.4. The van der Waals surface area contributed by atoms with Gasteiger partial charge in [-0.25, -0.2) is 0 Å². The Hall–Kier alpha value is -2.44. The fourth-order valence-corrected chi connectivity index (χ4v) is 3.81. The largest absolute Gasteiger partial charge is 0.417 e. The highest BCUT2D eigenvalue weighted by molar-refractivity contribution is 5.43. The number of nitrogens with one attached hydrogen (secondary N) is 1. The third kappa shape index (κ3) is 2.66. The minimum Gasteiger partial charge on any atom is -0.272 e. The van der Waals surface area contributed by atoms with E-state index in [4.69, 9.17) is 0 Å². The minimum atomic E-state index is -7.11. The van der Waals surface area contributed by atoms with E-state index in [9.17, 15) is 52.7 Å². The predicted octanol–water partition coefficient (Wildman–Crippen LogP) is 6.41. The van der Waals surface area contributed by atoms with Gasteiger partial charge in [0.15, 0.2) is 0 Å². The molecule has 0 saturated carbocycles. The van der Waals surface area contributed by atoms with Gasteiger partial charge in [-0.15, -0.1) is 0 Å². The van der Waals surface area contributed by atoms with Crippen LogP contribution in [0.25, 0.3) is 0 Å². The van der Waals surface area contributed by atoms with Crippen LogP contribution in [-0.2, 0) is 11.1 Å². The second-order valence-electron chi connectivity index (χ2n) is 7.08. The van der Waals surface area contributed by atoms with E-state index >= 15 is 0 Å². The molecule has 13 heteroatoms. The molecular formula is C19H11F12N. The number of rotatable bonds is 2. The molecule has 32 heavy (non-hydrogen) atoms. The van der Waals surface area contributed by atoms with Crippen LogP contribution < -0.4 is 5.32 Å². The number of alkyl halides is 12. The summed E-state index contributed by atoms with van der Waals surface area (Å²) in [5.41, 5.74) is -14.7. The van der Waals surface area contributed by atoms with Crippen LogP contribution in [0.15, 0.2) is 60.7 Å². The summed E-state index contributed by atoms with van der Waals surface area (Å²) in [6.45, 7) is 0. The van der Waals surface area contributed by atoms with Crippen LogP contribution in [0.2, 0.25) is 0 Å². The van der Waals surface area contributed by atoms with Crippen molar-refractivity contribution in [1.29, 1.82) is 0 Å². The molecule has 0 radical (unpaired) electrons. The molecule has 1 aliphatic heterocycles. The van der Waals surface area contributed by atoms with E-state index < -0.39 is 52.3 Å². The Morgan fingerprint density at radius 1 is 0.469 bits per heavy atom. The van der Waals surface area contributed by atoms with Gasteiger partial charge in [0.2, 0.25) is 11.1 Å².